The van der Waals surface area contributed by atoms with E-state index in [2.05, 4.69) is 17.0 Å². The molecule has 4 heteroatoms. The lowest BCUT2D eigenvalue weighted by atomic mass is 9.95. The number of hydrogen-bond acceptors (Lipinski definition) is 2. The molecule has 0 N–H and O–H groups in total. The van der Waals surface area contributed by atoms with Crippen LogP contribution in [0.5, 0.6) is 0 Å². The predicted molar refractivity (Wildman–Crippen MR) is 116 cm³/mol. The molecular weight excluding hydrogens is 363 g/mol. The highest BCUT2D eigenvalue weighted by Crippen LogP contribution is 2.19. The van der Waals surface area contributed by atoms with Crippen LogP contribution in [-0.4, -0.2) is 48.9 Å². The van der Waals surface area contributed by atoms with Crippen LogP contribution in [0.25, 0.3) is 0 Å². The molecule has 1 aliphatic heterocycles. The lowest BCUT2D eigenvalue weighted by Gasteiger charge is -2.34. The second kappa shape index (κ2) is 11.1. The first kappa shape index (κ1) is 21.5. The van der Waals surface area contributed by atoms with Crippen LogP contribution >= 0.6 is 0 Å². The summed E-state index contributed by atoms with van der Waals surface area (Å²) in [5, 5.41) is 0. The standard InChI is InChI=1S/C25H33FN2O/c1-27(25(29)12-6-9-21-7-3-2-4-8-21)20-23-14-17-28(18-15-23)16-13-22-10-5-11-24(26)19-22/h2-5,7-8,10-11,19,23H,6,9,12-18,20H2,1H3. The summed E-state index contributed by atoms with van der Waals surface area (Å²) < 4.78 is 13.3. The number of carbonyl (C=O) groups excluding carboxylic acids is 1. The van der Waals surface area contributed by atoms with Gasteiger partial charge in [0.05, 0.1) is 0 Å². The molecule has 1 heterocycles. The van der Waals surface area contributed by atoms with Crippen LogP contribution < -0.4 is 0 Å². The maximum atomic E-state index is 13.3. The number of carbonyl (C=O) groups is 1. The van der Waals surface area contributed by atoms with Crippen LogP contribution in [0.4, 0.5) is 4.39 Å². The largest absolute Gasteiger partial charge is 0.345 e. The molecule has 3 rings (SSSR count). The molecule has 1 amide bonds. The van der Waals surface area contributed by atoms with Gasteiger partial charge in [-0.2, -0.15) is 0 Å². The number of aryl methyl sites for hydroxylation is 1. The monoisotopic (exact) mass is 396 g/mol. The van der Waals surface area contributed by atoms with Gasteiger partial charge in [-0.25, -0.2) is 4.39 Å². The number of piperidine rings is 1. The average molecular weight is 397 g/mol. The zero-order chi connectivity index (χ0) is 20.5. The van der Waals surface area contributed by atoms with E-state index in [4.69, 9.17) is 0 Å². The van der Waals surface area contributed by atoms with Gasteiger partial charge >= 0.3 is 0 Å². The van der Waals surface area contributed by atoms with E-state index in [0.717, 1.165) is 63.8 Å². The summed E-state index contributed by atoms with van der Waals surface area (Å²) in [5.41, 5.74) is 2.36. The number of rotatable bonds is 9. The topological polar surface area (TPSA) is 23.6 Å². The van der Waals surface area contributed by atoms with Gasteiger partial charge < -0.3 is 9.80 Å². The summed E-state index contributed by atoms with van der Waals surface area (Å²) in [5.74, 6) is 0.690. The van der Waals surface area contributed by atoms with Crippen molar-refractivity contribution in [2.24, 2.45) is 5.92 Å². The van der Waals surface area contributed by atoms with E-state index in [1.807, 2.05) is 36.2 Å². The highest BCUT2D eigenvalue weighted by molar-refractivity contribution is 5.75. The molecule has 1 aliphatic rings. The Morgan fingerprint density at radius 2 is 1.76 bits per heavy atom. The minimum atomic E-state index is -0.155. The van der Waals surface area contributed by atoms with Gasteiger partial charge in [0, 0.05) is 26.6 Å². The minimum absolute atomic E-state index is 0.155. The molecule has 0 saturated carbocycles. The molecule has 0 spiro atoms. The van der Waals surface area contributed by atoms with Gasteiger partial charge in [-0.15, -0.1) is 0 Å². The van der Waals surface area contributed by atoms with Crippen LogP contribution in [0.2, 0.25) is 0 Å². The smallest absolute Gasteiger partial charge is 0.222 e. The van der Waals surface area contributed by atoms with E-state index in [1.165, 1.54) is 11.6 Å². The number of hydrogen-bond donors (Lipinski definition) is 0. The van der Waals surface area contributed by atoms with E-state index in [-0.39, 0.29) is 11.7 Å². The molecular formula is C25H33FN2O. The molecule has 0 bridgehead atoms. The van der Waals surface area contributed by atoms with Crippen molar-refractivity contribution in [3.8, 4) is 0 Å². The van der Waals surface area contributed by atoms with E-state index >= 15 is 0 Å². The Morgan fingerprint density at radius 1 is 1.03 bits per heavy atom. The van der Waals surface area contributed by atoms with Crippen molar-refractivity contribution in [3.05, 3.63) is 71.5 Å². The summed E-state index contributed by atoms with van der Waals surface area (Å²) in [6.07, 6.45) is 5.64. The lowest BCUT2D eigenvalue weighted by molar-refractivity contribution is -0.130. The van der Waals surface area contributed by atoms with Gasteiger partial charge in [0.1, 0.15) is 5.82 Å². The SMILES string of the molecule is CN(CC1CCN(CCc2cccc(F)c2)CC1)C(=O)CCCc1ccccc1. The minimum Gasteiger partial charge on any atom is -0.345 e. The summed E-state index contributed by atoms with van der Waals surface area (Å²) in [7, 11) is 1.95. The van der Waals surface area contributed by atoms with Crippen molar-refractivity contribution in [2.45, 2.75) is 38.5 Å². The Bertz CT molecular complexity index is 756. The van der Waals surface area contributed by atoms with Gasteiger partial charge in [-0.1, -0.05) is 42.5 Å². The fourth-order valence-electron chi connectivity index (χ4n) is 4.14. The Hall–Kier alpha value is -2.20. The molecule has 29 heavy (non-hydrogen) atoms. The molecule has 0 aromatic heterocycles. The summed E-state index contributed by atoms with van der Waals surface area (Å²) in [6.45, 7) is 3.97. The normalized spacial score (nSPS) is 15.4. The molecule has 2 aromatic rings. The van der Waals surface area contributed by atoms with Gasteiger partial charge in [0.15, 0.2) is 0 Å². The Balaban J connectivity index is 1.31. The quantitative estimate of drug-likeness (QED) is 0.620. The number of likely N-dealkylation sites (tertiary alicyclic amines) is 1. The zero-order valence-corrected chi connectivity index (χ0v) is 17.5. The average Bonchev–Trinajstić information content (AvgIpc) is 2.74. The van der Waals surface area contributed by atoms with Crippen molar-refractivity contribution >= 4 is 5.91 Å². The molecule has 0 aliphatic carbocycles. The van der Waals surface area contributed by atoms with Crippen molar-refractivity contribution in [3.63, 3.8) is 0 Å². The first-order valence-electron chi connectivity index (χ1n) is 10.8. The van der Waals surface area contributed by atoms with E-state index in [9.17, 15) is 9.18 Å². The maximum Gasteiger partial charge on any atom is 0.222 e. The van der Waals surface area contributed by atoms with Gasteiger partial charge in [0.2, 0.25) is 5.91 Å². The highest BCUT2D eigenvalue weighted by atomic mass is 19.1. The molecule has 0 atom stereocenters. The van der Waals surface area contributed by atoms with Crippen molar-refractivity contribution < 1.29 is 9.18 Å². The van der Waals surface area contributed by atoms with Crippen molar-refractivity contribution in [1.82, 2.24) is 9.80 Å². The summed E-state index contributed by atoms with van der Waals surface area (Å²) >= 11 is 0. The molecule has 2 aromatic carbocycles. The molecule has 1 saturated heterocycles. The summed E-state index contributed by atoms with van der Waals surface area (Å²) in [4.78, 5) is 16.8. The predicted octanol–water partition coefficient (Wildman–Crippen LogP) is 4.56. The molecule has 156 valence electrons. The third kappa shape index (κ3) is 7.28. The van der Waals surface area contributed by atoms with Crippen molar-refractivity contribution in [1.29, 1.82) is 0 Å². The highest BCUT2D eigenvalue weighted by Gasteiger charge is 2.21. The van der Waals surface area contributed by atoms with Crippen LogP contribution in [0.15, 0.2) is 54.6 Å². The molecule has 0 radical (unpaired) electrons. The zero-order valence-electron chi connectivity index (χ0n) is 17.5. The van der Waals surface area contributed by atoms with Crippen LogP contribution in [-0.2, 0) is 17.6 Å². The number of nitrogens with zero attached hydrogens (tertiary/aromatic N) is 2. The Kier molecular flexibility index (Phi) is 8.24. The van der Waals surface area contributed by atoms with Gasteiger partial charge in [-0.3, -0.25) is 4.79 Å². The third-order valence-corrected chi connectivity index (χ3v) is 5.97. The molecule has 3 nitrogen and oxygen atoms in total. The van der Waals surface area contributed by atoms with E-state index < -0.39 is 0 Å². The van der Waals surface area contributed by atoms with Crippen LogP contribution in [0, 0.1) is 11.7 Å². The molecule has 1 fully saturated rings. The maximum absolute atomic E-state index is 13.3. The Morgan fingerprint density at radius 3 is 2.48 bits per heavy atom. The molecule has 0 unspecified atom stereocenters. The third-order valence-electron chi connectivity index (χ3n) is 5.97. The van der Waals surface area contributed by atoms with E-state index in [1.54, 1.807) is 12.1 Å². The Labute approximate surface area is 174 Å². The lowest BCUT2D eigenvalue weighted by Crippen LogP contribution is -2.40. The first-order chi connectivity index (χ1) is 14.1. The first-order valence-corrected chi connectivity index (χ1v) is 10.8. The van der Waals surface area contributed by atoms with Gasteiger partial charge in [0.25, 0.3) is 0 Å². The number of halogens is 1. The van der Waals surface area contributed by atoms with Gasteiger partial charge in [-0.05, 0) is 74.4 Å². The number of benzene rings is 2. The van der Waals surface area contributed by atoms with Crippen LogP contribution in [0.1, 0.15) is 36.8 Å². The fourth-order valence-corrected chi connectivity index (χ4v) is 4.14. The van der Waals surface area contributed by atoms with Crippen molar-refractivity contribution in [2.75, 3.05) is 33.2 Å². The van der Waals surface area contributed by atoms with E-state index in [0.29, 0.717) is 12.3 Å². The second-order valence-corrected chi connectivity index (χ2v) is 8.28. The summed E-state index contributed by atoms with van der Waals surface area (Å²) in [6, 6.07) is 17.3. The second-order valence-electron chi connectivity index (χ2n) is 8.28. The fraction of sp³-hybridized carbons (Fsp3) is 0.480. The van der Waals surface area contributed by atoms with Crippen LogP contribution in [0.3, 0.4) is 0 Å². The number of amides is 1.